The molecule has 0 radical (unpaired) electrons. The maximum Gasteiger partial charge on any atom is 0.129 e. The molecule has 2 aromatic rings. The number of benzene rings is 2. The van der Waals surface area contributed by atoms with Gasteiger partial charge in [-0.3, -0.25) is 0 Å². The molecule has 0 fully saturated rings. The molecule has 1 N–H and O–H groups in total. The summed E-state index contributed by atoms with van der Waals surface area (Å²) in [6, 6.07) is 15.4. The SMILES string of the molecule is CNC(CCc1ccccc1)c1c(F)cccc1Br. The molecule has 0 aromatic heterocycles. The third-order valence-electron chi connectivity index (χ3n) is 3.26. The molecule has 3 heteroatoms. The molecule has 0 saturated heterocycles. The molecule has 1 nitrogen and oxygen atoms in total. The summed E-state index contributed by atoms with van der Waals surface area (Å²) in [4.78, 5) is 0. The Hall–Kier alpha value is -1.19. The van der Waals surface area contributed by atoms with Crippen LogP contribution in [0.5, 0.6) is 0 Å². The minimum absolute atomic E-state index is 0.00998. The number of hydrogen-bond acceptors (Lipinski definition) is 1. The number of hydrogen-bond donors (Lipinski definition) is 1. The lowest BCUT2D eigenvalue weighted by Gasteiger charge is -2.19. The van der Waals surface area contributed by atoms with E-state index in [0.29, 0.717) is 5.56 Å². The molecule has 0 spiro atoms. The maximum absolute atomic E-state index is 13.9. The summed E-state index contributed by atoms with van der Waals surface area (Å²) < 4.78 is 14.8. The van der Waals surface area contributed by atoms with Crippen molar-refractivity contribution in [1.29, 1.82) is 0 Å². The van der Waals surface area contributed by atoms with Crippen LogP contribution in [0.25, 0.3) is 0 Å². The highest BCUT2D eigenvalue weighted by molar-refractivity contribution is 9.10. The lowest BCUT2D eigenvalue weighted by atomic mass is 9.98. The summed E-state index contributed by atoms with van der Waals surface area (Å²) in [6.07, 6.45) is 1.78. The third kappa shape index (κ3) is 3.64. The first-order valence-electron chi connectivity index (χ1n) is 6.37. The van der Waals surface area contributed by atoms with Gasteiger partial charge in [-0.05, 0) is 37.6 Å². The van der Waals surface area contributed by atoms with Crippen LogP contribution < -0.4 is 5.32 Å². The Morgan fingerprint density at radius 1 is 1.11 bits per heavy atom. The first kappa shape index (κ1) is 14.2. The van der Waals surface area contributed by atoms with Crippen LogP contribution in [0, 0.1) is 5.82 Å². The quantitative estimate of drug-likeness (QED) is 0.856. The molecule has 0 saturated carbocycles. The lowest BCUT2D eigenvalue weighted by Crippen LogP contribution is -2.19. The molecule has 0 bridgehead atoms. The molecule has 0 aliphatic heterocycles. The summed E-state index contributed by atoms with van der Waals surface area (Å²) in [5, 5.41) is 3.20. The van der Waals surface area contributed by atoms with Crippen molar-refractivity contribution in [3.8, 4) is 0 Å². The topological polar surface area (TPSA) is 12.0 Å². The van der Waals surface area contributed by atoms with E-state index >= 15 is 0 Å². The van der Waals surface area contributed by atoms with Gasteiger partial charge in [-0.1, -0.05) is 52.3 Å². The van der Waals surface area contributed by atoms with E-state index < -0.39 is 0 Å². The minimum Gasteiger partial charge on any atom is -0.313 e. The van der Waals surface area contributed by atoms with Crippen LogP contribution in [-0.2, 0) is 6.42 Å². The van der Waals surface area contributed by atoms with Crippen molar-refractivity contribution in [3.05, 3.63) is 69.9 Å². The monoisotopic (exact) mass is 321 g/mol. The maximum atomic E-state index is 13.9. The summed E-state index contributed by atoms with van der Waals surface area (Å²) in [7, 11) is 1.87. The summed E-state index contributed by atoms with van der Waals surface area (Å²) in [5.41, 5.74) is 1.98. The van der Waals surface area contributed by atoms with Gasteiger partial charge in [-0.15, -0.1) is 0 Å². The molecule has 0 amide bonds. The van der Waals surface area contributed by atoms with E-state index in [0.717, 1.165) is 17.3 Å². The summed E-state index contributed by atoms with van der Waals surface area (Å²) in [5.74, 6) is -0.165. The van der Waals surface area contributed by atoms with Gasteiger partial charge in [0.1, 0.15) is 5.82 Å². The van der Waals surface area contributed by atoms with E-state index in [2.05, 4.69) is 33.4 Å². The van der Waals surface area contributed by atoms with Crippen molar-refractivity contribution >= 4 is 15.9 Å². The fourth-order valence-electron chi connectivity index (χ4n) is 2.23. The Labute approximate surface area is 122 Å². The standard InChI is InChI=1S/C16H17BrFN/c1-19-15(11-10-12-6-3-2-4-7-12)16-13(17)8-5-9-14(16)18/h2-9,15,19H,10-11H2,1H3. The molecule has 0 heterocycles. The first-order chi connectivity index (χ1) is 9.22. The van der Waals surface area contributed by atoms with Gasteiger partial charge in [0.2, 0.25) is 0 Å². The van der Waals surface area contributed by atoms with Gasteiger partial charge < -0.3 is 5.32 Å². The second-order valence-electron chi connectivity index (χ2n) is 4.50. The zero-order valence-electron chi connectivity index (χ0n) is 10.9. The van der Waals surface area contributed by atoms with Crippen molar-refractivity contribution < 1.29 is 4.39 Å². The largest absolute Gasteiger partial charge is 0.313 e. The Morgan fingerprint density at radius 3 is 2.47 bits per heavy atom. The average Bonchev–Trinajstić information content (AvgIpc) is 2.43. The minimum atomic E-state index is -0.165. The van der Waals surface area contributed by atoms with Crippen LogP contribution in [0.2, 0.25) is 0 Å². The van der Waals surface area contributed by atoms with E-state index in [9.17, 15) is 4.39 Å². The summed E-state index contributed by atoms with van der Waals surface area (Å²) in [6.45, 7) is 0. The Kier molecular flexibility index (Phi) is 5.11. The number of halogens is 2. The molecule has 2 rings (SSSR count). The zero-order valence-corrected chi connectivity index (χ0v) is 12.5. The molecule has 0 aliphatic rings. The molecule has 19 heavy (non-hydrogen) atoms. The molecule has 1 unspecified atom stereocenters. The van der Waals surface area contributed by atoms with Gasteiger partial charge in [0.15, 0.2) is 0 Å². The first-order valence-corrected chi connectivity index (χ1v) is 7.16. The van der Waals surface area contributed by atoms with Crippen molar-refractivity contribution in [2.75, 3.05) is 7.05 Å². The van der Waals surface area contributed by atoms with Crippen molar-refractivity contribution in [1.82, 2.24) is 5.32 Å². The molecular weight excluding hydrogens is 305 g/mol. The van der Waals surface area contributed by atoms with E-state index in [-0.39, 0.29) is 11.9 Å². The number of rotatable bonds is 5. The van der Waals surface area contributed by atoms with E-state index in [4.69, 9.17) is 0 Å². The highest BCUT2D eigenvalue weighted by Gasteiger charge is 2.16. The Bertz CT molecular complexity index is 507. The molecule has 100 valence electrons. The van der Waals surface area contributed by atoms with Crippen molar-refractivity contribution in [2.45, 2.75) is 18.9 Å². The predicted molar refractivity (Wildman–Crippen MR) is 80.7 cm³/mol. The van der Waals surface area contributed by atoms with Crippen LogP contribution in [0.15, 0.2) is 53.0 Å². The van der Waals surface area contributed by atoms with Gasteiger partial charge in [-0.25, -0.2) is 4.39 Å². The zero-order chi connectivity index (χ0) is 13.7. The Balaban J connectivity index is 2.12. The molecule has 0 aliphatic carbocycles. The average molecular weight is 322 g/mol. The highest BCUT2D eigenvalue weighted by atomic mass is 79.9. The van der Waals surface area contributed by atoms with E-state index in [1.54, 1.807) is 6.07 Å². The normalized spacial score (nSPS) is 12.4. The van der Waals surface area contributed by atoms with Crippen LogP contribution in [-0.4, -0.2) is 7.05 Å². The van der Waals surface area contributed by atoms with Crippen molar-refractivity contribution in [3.63, 3.8) is 0 Å². The van der Waals surface area contributed by atoms with Crippen molar-refractivity contribution in [2.24, 2.45) is 0 Å². The fourth-order valence-corrected chi connectivity index (χ4v) is 2.85. The van der Waals surface area contributed by atoms with E-state index in [1.165, 1.54) is 11.6 Å². The molecular formula is C16H17BrFN. The Morgan fingerprint density at radius 2 is 1.84 bits per heavy atom. The van der Waals surface area contributed by atoms with Gasteiger partial charge in [0.25, 0.3) is 0 Å². The third-order valence-corrected chi connectivity index (χ3v) is 3.95. The fraction of sp³-hybridized carbons (Fsp3) is 0.250. The second kappa shape index (κ2) is 6.83. The van der Waals surface area contributed by atoms with Crippen LogP contribution >= 0.6 is 15.9 Å². The van der Waals surface area contributed by atoms with Gasteiger partial charge in [0.05, 0.1) is 0 Å². The predicted octanol–water partition coefficient (Wildman–Crippen LogP) is 4.48. The summed E-state index contributed by atoms with van der Waals surface area (Å²) >= 11 is 3.43. The van der Waals surface area contributed by atoms with E-state index in [1.807, 2.05) is 31.3 Å². The van der Waals surface area contributed by atoms with Gasteiger partial charge in [-0.2, -0.15) is 0 Å². The van der Waals surface area contributed by atoms with Crippen LogP contribution in [0.1, 0.15) is 23.6 Å². The smallest absolute Gasteiger partial charge is 0.129 e. The highest BCUT2D eigenvalue weighted by Crippen LogP contribution is 2.28. The number of nitrogens with one attached hydrogen (secondary N) is 1. The van der Waals surface area contributed by atoms with Gasteiger partial charge in [0, 0.05) is 16.1 Å². The lowest BCUT2D eigenvalue weighted by molar-refractivity contribution is 0.506. The van der Waals surface area contributed by atoms with Gasteiger partial charge >= 0.3 is 0 Å². The van der Waals surface area contributed by atoms with Crippen LogP contribution in [0.3, 0.4) is 0 Å². The van der Waals surface area contributed by atoms with Crippen LogP contribution in [0.4, 0.5) is 4.39 Å². The molecule has 2 aromatic carbocycles. The number of aryl methyl sites for hydroxylation is 1. The molecule has 1 atom stereocenters. The second-order valence-corrected chi connectivity index (χ2v) is 5.36.